The third-order valence-corrected chi connectivity index (χ3v) is 8.09. The first-order valence-electron chi connectivity index (χ1n) is 14.0. The molecule has 0 bridgehead atoms. The van der Waals surface area contributed by atoms with Crippen LogP contribution in [-0.2, 0) is 19.7 Å². The molecule has 1 aromatic rings. The molecule has 0 saturated heterocycles. The summed E-state index contributed by atoms with van der Waals surface area (Å²) < 4.78 is 33.5. The molecule has 1 aromatic carbocycles. The van der Waals surface area contributed by atoms with Gasteiger partial charge in [0.2, 0.25) is 5.91 Å². The molecule has 208 valence electrons. The summed E-state index contributed by atoms with van der Waals surface area (Å²) in [6.45, 7) is 3.83. The Kier molecular flexibility index (Phi) is 13.9. The molecule has 0 spiro atoms. The Bertz CT molecular complexity index is 965. The van der Waals surface area contributed by atoms with Crippen molar-refractivity contribution in [1.29, 1.82) is 0 Å². The Hall–Kier alpha value is -2.26. The van der Waals surface area contributed by atoms with Crippen molar-refractivity contribution in [1.82, 2.24) is 5.32 Å². The van der Waals surface area contributed by atoms with Crippen molar-refractivity contribution in [2.75, 3.05) is 5.01 Å². The number of anilines is 1. The van der Waals surface area contributed by atoms with Crippen LogP contribution in [0.2, 0.25) is 0 Å². The molecule has 9 heteroatoms. The first kappa shape index (κ1) is 31.0. The van der Waals surface area contributed by atoms with Gasteiger partial charge in [0.05, 0.1) is 11.6 Å². The number of carbonyl (C=O) groups is 2. The highest BCUT2D eigenvalue weighted by molar-refractivity contribution is 7.87. The van der Waals surface area contributed by atoms with E-state index in [1.807, 2.05) is 6.07 Å². The zero-order valence-corrected chi connectivity index (χ0v) is 23.3. The topological polar surface area (TPSA) is 116 Å². The number of nitrogens with one attached hydrogen (secondary N) is 1. The zero-order chi connectivity index (χ0) is 27.1. The third-order valence-electron chi connectivity index (χ3n) is 6.92. The maximum Gasteiger partial charge on any atom is 0.276 e. The second-order valence-corrected chi connectivity index (χ2v) is 11.7. The minimum Gasteiger partial charge on any atom is -0.311 e. The molecule has 1 aliphatic heterocycles. The quantitative estimate of drug-likeness (QED) is 0.171. The molecule has 2 unspecified atom stereocenters. The fourth-order valence-corrected chi connectivity index (χ4v) is 5.37. The maximum atomic E-state index is 12.7. The monoisotopic (exact) mass is 535 g/mol. The summed E-state index contributed by atoms with van der Waals surface area (Å²) in [5, 5.41) is 6.27. The molecule has 2 rings (SSSR count). The van der Waals surface area contributed by atoms with E-state index in [0.717, 1.165) is 19.3 Å². The lowest BCUT2D eigenvalue weighted by Crippen LogP contribution is -2.44. The highest BCUT2D eigenvalue weighted by Crippen LogP contribution is 2.23. The number of amidine groups is 1. The zero-order valence-electron chi connectivity index (χ0n) is 22.5. The number of nitrogens with zero attached hydrogens (tertiary/aromatic N) is 2. The van der Waals surface area contributed by atoms with Crippen LogP contribution < -0.4 is 10.3 Å². The van der Waals surface area contributed by atoms with E-state index in [9.17, 15) is 22.6 Å². The highest BCUT2D eigenvalue weighted by Gasteiger charge is 2.37. The molecule has 2 atom stereocenters. The molecule has 1 aliphatic rings. The van der Waals surface area contributed by atoms with Gasteiger partial charge in [0.25, 0.3) is 16.0 Å². The largest absolute Gasteiger partial charge is 0.311 e. The van der Waals surface area contributed by atoms with E-state index in [1.54, 1.807) is 31.2 Å². The van der Waals surface area contributed by atoms with Crippen LogP contribution in [0.1, 0.15) is 110 Å². The van der Waals surface area contributed by atoms with Crippen molar-refractivity contribution in [2.24, 2.45) is 11.0 Å². The van der Waals surface area contributed by atoms with Gasteiger partial charge in [-0.3, -0.25) is 14.1 Å². The molecule has 2 N–H and O–H groups in total. The number of carbonyl (C=O) groups excluding carboxylic acids is 2. The Morgan fingerprint density at radius 3 is 1.89 bits per heavy atom. The van der Waals surface area contributed by atoms with E-state index in [1.165, 1.54) is 69.2 Å². The predicted octanol–water partition coefficient (Wildman–Crippen LogP) is 6.23. The number of amides is 2. The van der Waals surface area contributed by atoms with Gasteiger partial charge in [0.1, 0.15) is 5.84 Å². The standard InChI is InChI=1S/C28H45N3O5S/c1-3-4-5-6-7-8-9-10-11-12-13-14-15-19-22-25(37(34,35)36)27(32)29-26-23(2)28(33)31(30-26)24-20-17-16-18-21-24/h16-18,20-21,23,25H,3-15,19,22H2,1-2H3,(H,29,30,32)(H,34,35,36). The van der Waals surface area contributed by atoms with Crippen molar-refractivity contribution in [3.8, 4) is 0 Å². The van der Waals surface area contributed by atoms with Crippen molar-refractivity contribution in [3.63, 3.8) is 0 Å². The van der Waals surface area contributed by atoms with Gasteiger partial charge in [0, 0.05) is 0 Å². The molecular weight excluding hydrogens is 490 g/mol. The summed E-state index contributed by atoms with van der Waals surface area (Å²) in [5.74, 6) is -1.83. The van der Waals surface area contributed by atoms with Gasteiger partial charge in [-0.05, 0) is 25.5 Å². The fraction of sp³-hybridized carbons (Fsp3) is 0.679. The first-order chi connectivity index (χ1) is 17.8. The van der Waals surface area contributed by atoms with Crippen LogP contribution in [0, 0.1) is 5.92 Å². The Morgan fingerprint density at radius 2 is 1.41 bits per heavy atom. The maximum absolute atomic E-state index is 12.7. The average Bonchev–Trinajstić information content (AvgIpc) is 3.14. The molecule has 0 aliphatic carbocycles. The Balaban J connectivity index is 1.69. The Labute approximate surface area is 223 Å². The van der Waals surface area contributed by atoms with Crippen LogP contribution in [0.25, 0.3) is 0 Å². The van der Waals surface area contributed by atoms with Gasteiger partial charge < -0.3 is 5.32 Å². The molecule has 1 heterocycles. The lowest BCUT2D eigenvalue weighted by Gasteiger charge is -2.14. The van der Waals surface area contributed by atoms with Crippen LogP contribution >= 0.6 is 0 Å². The third kappa shape index (κ3) is 10.9. The van der Waals surface area contributed by atoms with E-state index < -0.39 is 27.2 Å². The minimum absolute atomic E-state index is 0.0285. The number of hydrogen-bond acceptors (Lipinski definition) is 5. The van der Waals surface area contributed by atoms with Crippen LogP contribution in [0.4, 0.5) is 5.69 Å². The van der Waals surface area contributed by atoms with E-state index in [2.05, 4.69) is 17.3 Å². The molecule has 0 fully saturated rings. The molecular formula is C28H45N3O5S. The number of hydrazone groups is 1. The summed E-state index contributed by atoms with van der Waals surface area (Å²) in [4.78, 5) is 25.3. The summed E-state index contributed by atoms with van der Waals surface area (Å²) in [7, 11) is -4.59. The van der Waals surface area contributed by atoms with Crippen molar-refractivity contribution in [2.45, 2.75) is 115 Å². The lowest BCUT2D eigenvalue weighted by atomic mass is 10.0. The second kappa shape index (κ2) is 16.6. The number of rotatable bonds is 18. The molecule has 0 saturated carbocycles. The van der Waals surface area contributed by atoms with Gasteiger partial charge >= 0.3 is 0 Å². The average molecular weight is 536 g/mol. The van der Waals surface area contributed by atoms with E-state index >= 15 is 0 Å². The second-order valence-electron chi connectivity index (χ2n) is 10.1. The van der Waals surface area contributed by atoms with Crippen LogP contribution in [-0.4, -0.2) is 35.9 Å². The molecule has 0 aromatic heterocycles. The minimum atomic E-state index is -4.59. The molecule has 0 radical (unpaired) electrons. The van der Waals surface area contributed by atoms with Crippen molar-refractivity contribution < 1.29 is 22.6 Å². The lowest BCUT2D eigenvalue weighted by molar-refractivity contribution is -0.119. The van der Waals surface area contributed by atoms with E-state index in [4.69, 9.17) is 0 Å². The normalized spacial score (nSPS) is 16.6. The van der Waals surface area contributed by atoms with Crippen molar-refractivity contribution in [3.05, 3.63) is 30.3 Å². The van der Waals surface area contributed by atoms with Gasteiger partial charge in [-0.1, -0.05) is 115 Å². The molecule has 37 heavy (non-hydrogen) atoms. The summed E-state index contributed by atoms with van der Waals surface area (Å²) >= 11 is 0. The van der Waals surface area contributed by atoms with Gasteiger partial charge in [-0.2, -0.15) is 18.5 Å². The van der Waals surface area contributed by atoms with Gasteiger partial charge in [-0.15, -0.1) is 0 Å². The molecule has 2 amide bonds. The highest BCUT2D eigenvalue weighted by atomic mass is 32.2. The van der Waals surface area contributed by atoms with Crippen LogP contribution in [0.5, 0.6) is 0 Å². The van der Waals surface area contributed by atoms with Crippen LogP contribution in [0.15, 0.2) is 35.4 Å². The number of benzene rings is 1. The summed E-state index contributed by atoms with van der Waals surface area (Å²) in [6.07, 6.45) is 16.4. The van der Waals surface area contributed by atoms with E-state index in [-0.39, 0.29) is 18.2 Å². The van der Waals surface area contributed by atoms with E-state index in [0.29, 0.717) is 12.1 Å². The molecule has 8 nitrogen and oxygen atoms in total. The smallest absolute Gasteiger partial charge is 0.276 e. The van der Waals surface area contributed by atoms with Crippen LogP contribution in [0.3, 0.4) is 0 Å². The number of hydrogen-bond donors (Lipinski definition) is 2. The number of para-hydroxylation sites is 1. The van der Waals surface area contributed by atoms with Gasteiger partial charge in [0.15, 0.2) is 5.25 Å². The number of unbranched alkanes of at least 4 members (excludes halogenated alkanes) is 13. The SMILES string of the molecule is CCCCCCCCCCCCCCCCC(C(=O)NC1=NN(c2ccccc2)C(=O)C1C)S(=O)(=O)O. The summed E-state index contributed by atoms with van der Waals surface area (Å²) in [6, 6.07) is 8.78. The van der Waals surface area contributed by atoms with Gasteiger partial charge in [-0.25, -0.2) is 0 Å². The first-order valence-corrected chi connectivity index (χ1v) is 15.5. The Morgan fingerprint density at radius 1 is 0.919 bits per heavy atom. The fourth-order valence-electron chi connectivity index (χ4n) is 4.58. The summed E-state index contributed by atoms with van der Waals surface area (Å²) in [5.41, 5.74) is 0.553. The predicted molar refractivity (Wildman–Crippen MR) is 149 cm³/mol. The van der Waals surface area contributed by atoms with Crippen molar-refractivity contribution >= 4 is 33.5 Å².